The first-order chi connectivity index (χ1) is 18.0. The standard InChI is InChI=1S/C35H29PSi/c1-37(2,3)32-23-25-14-8-10-18-28(25)34-33-27-17-9-7-13-24(27)21-22-30(33)29-19-11-12-20-31(29)36(35(32)34)26-15-5-4-6-16-26/h4-23H,1-3H3. The van der Waals surface area contributed by atoms with Crippen LogP contribution in [0.5, 0.6) is 0 Å². The van der Waals surface area contributed by atoms with Gasteiger partial charge in [0.25, 0.3) is 0 Å². The summed E-state index contributed by atoms with van der Waals surface area (Å²) in [5.41, 5.74) is 5.58. The molecular weight excluding hydrogens is 479 g/mol. The van der Waals surface area contributed by atoms with Crippen LogP contribution >= 0.6 is 7.92 Å². The first-order valence-corrected chi connectivity index (χ1v) is 17.9. The topological polar surface area (TPSA) is 0 Å². The molecule has 0 aromatic heterocycles. The van der Waals surface area contributed by atoms with Gasteiger partial charge >= 0.3 is 0 Å². The molecule has 0 spiro atoms. The summed E-state index contributed by atoms with van der Waals surface area (Å²) in [5.74, 6) is 0. The van der Waals surface area contributed by atoms with E-state index in [1.54, 1.807) is 10.5 Å². The van der Waals surface area contributed by atoms with Crippen LogP contribution < -0.4 is 21.1 Å². The van der Waals surface area contributed by atoms with Gasteiger partial charge in [-0.2, -0.15) is 0 Å². The Hall–Kier alpha value is -3.51. The highest BCUT2D eigenvalue weighted by Gasteiger charge is 2.35. The van der Waals surface area contributed by atoms with E-state index in [9.17, 15) is 0 Å². The minimum absolute atomic E-state index is 0.750. The molecular formula is C35H29PSi. The van der Waals surface area contributed by atoms with Gasteiger partial charge in [0.2, 0.25) is 0 Å². The van der Waals surface area contributed by atoms with Crippen molar-refractivity contribution >= 4 is 58.6 Å². The fraction of sp³-hybridized carbons (Fsp3) is 0.0857. The zero-order valence-electron chi connectivity index (χ0n) is 21.5. The number of hydrogen-bond acceptors (Lipinski definition) is 0. The Morgan fingerprint density at radius 3 is 1.89 bits per heavy atom. The van der Waals surface area contributed by atoms with Crippen molar-refractivity contribution in [2.24, 2.45) is 0 Å². The summed E-state index contributed by atoms with van der Waals surface area (Å²) in [5, 5.41) is 11.4. The van der Waals surface area contributed by atoms with E-state index in [0.29, 0.717) is 0 Å². The molecule has 1 heterocycles. The summed E-state index contributed by atoms with van der Waals surface area (Å²) in [6.07, 6.45) is 0. The minimum Gasteiger partial charge on any atom is -0.0656 e. The quantitative estimate of drug-likeness (QED) is 0.164. The first kappa shape index (κ1) is 22.7. The second-order valence-corrected chi connectivity index (χ2v) is 18.2. The second kappa shape index (κ2) is 8.52. The molecule has 0 bridgehead atoms. The fourth-order valence-electron chi connectivity index (χ4n) is 6.02. The summed E-state index contributed by atoms with van der Waals surface area (Å²) < 4.78 is 0. The van der Waals surface area contributed by atoms with Gasteiger partial charge < -0.3 is 0 Å². The number of rotatable bonds is 2. The summed E-state index contributed by atoms with van der Waals surface area (Å²) in [6, 6.07) is 45.7. The summed E-state index contributed by atoms with van der Waals surface area (Å²) in [4.78, 5) is 0. The molecule has 0 amide bonds. The lowest BCUT2D eigenvalue weighted by Crippen LogP contribution is -2.48. The lowest BCUT2D eigenvalue weighted by molar-refractivity contribution is 1.67. The molecule has 0 aliphatic carbocycles. The molecule has 37 heavy (non-hydrogen) atoms. The lowest BCUT2D eigenvalue weighted by Gasteiger charge is -2.30. The predicted octanol–water partition coefficient (Wildman–Crippen LogP) is 7.94. The van der Waals surface area contributed by atoms with Crippen LogP contribution in [0.15, 0.2) is 121 Å². The summed E-state index contributed by atoms with van der Waals surface area (Å²) >= 11 is 0. The Morgan fingerprint density at radius 1 is 0.514 bits per heavy atom. The van der Waals surface area contributed by atoms with E-state index in [2.05, 4.69) is 141 Å². The molecule has 178 valence electrons. The van der Waals surface area contributed by atoms with Crippen molar-refractivity contribution in [3.8, 4) is 22.3 Å². The van der Waals surface area contributed by atoms with Gasteiger partial charge in [-0.05, 0) is 67.6 Å². The maximum Gasteiger partial charge on any atom is 0.0785 e. The summed E-state index contributed by atoms with van der Waals surface area (Å²) in [6.45, 7) is 7.53. The smallest absolute Gasteiger partial charge is 0.0656 e. The van der Waals surface area contributed by atoms with Crippen molar-refractivity contribution in [1.29, 1.82) is 0 Å². The van der Waals surface area contributed by atoms with Crippen molar-refractivity contribution in [2.45, 2.75) is 19.6 Å². The SMILES string of the molecule is C[Si](C)(C)c1cc2ccccc2c2c1P(c1ccccc1)c1ccccc1-c1ccc3ccccc3c1-2. The van der Waals surface area contributed by atoms with Crippen LogP contribution in [0.2, 0.25) is 19.6 Å². The second-order valence-electron chi connectivity index (χ2n) is 11.0. The molecule has 2 heteroatoms. The lowest BCUT2D eigenvalue weighted by atomic mass is 9.87. The van der Waals surface area contributed by atoms with E-state index < -0.39 is 16.0 Å². The molecule has 1 unspecified atom stereocenters. The van der Waals surface area contributed by atoms with Gasteiger partial charge in [-0.25, -0.2) is 0 Å². The van der Waals surface area contributed by atoms with Crippen molar-refractivity contribution in [3.05, 3.63) is 121 Å². The molecule has 0 nitrogen and oxygen atoms in total. The normalized spacial score (nSPS) is 14.6. The predicted molar refractivity (Wildman–Crippen MR) is 168 cm³/mol. The van der Waals surface area contributed by atoms with E-state index in [-0.39, 0.29) is 0 Å². The van der Waals surface area contributed by atoms with Crippen molar-refractivity contribution < 1.29 is 0 Å². The van der Waals surface area contributed by atoms with E-state index >= 15 is 0 Å². The van der Waals surface area contributed by atoms with Crippen LogP contribution in [0.1, 0.15) is 0 Å². The molecule has 0 radical (unpaired) electrons. The molecule has 1 aliphatic heterocycles. The molecule has 0 N–H and O–H groups in total. The van der Waals surface area contributed by atoms with Gasteiger partial charge in [0, 0.05) is 0 Å². The third-order valence-corrected chi connectivity index (χ3v) is 12.5. The van der Waals surface area contributed by atoms with Crippen LogP contribution in [0.4, 0.5) is 0 Å². The Balaban J connectivity index is 1.80. The van der Waals surface area contributed by atoms with E-state index in [0.717, 1.165) is 0 Å². The highest BCUT2D eigenvalue weighted by molar-refractivity contribution is 7.81. The Morgan fingerprint density at radius 2 is 1.14 bits per heavy atom. The first-order valence-electron chi connectivity index (χ1n) is 13.1. The average Bonchev–Trinajstić information content (AvgIpc) is 3.05. The highest BCUT2D eigenvalue weighted by Crippen LogP contribution is 2.49. The van der Waals surface area contributed by atoms with Gasteiger partial charge in [-0.3, -0.25) is 0 Å². The van der Waals surface area contributed by atoms with E-state index in [1.165, 1.54) is 54.4 Å². The van der Waals surface area contributed by atoms with Gasteiger partial charge in [0.1, 0.15) is 0 Å². The minimum atomic E-state index is -1.72. The van der Waals surface area contributed by atoms with Crippen LogP contribution in [-0.2, 0) is 0 Å². The third-order valence-electron chi connectivity index (χ3n) is 7.68. The monoisotopic (exact) mass is 508 g/mol. The Bertz CT molecular complexity index is 1810. The van der Waals surface area contributed by atoms with Crippen molar-refractivity contribution in [2.75, 3.05) is 0 Å². The van der Waals surface area contributed by atoms with Crippen LogP contribution in [0.3, 0.4) is 0 Å². The van der Waals surface area contributed by atoms with Crippen LogP contribution in [-0.4, -0.2) is 8.07 Å². The molecule has 1 aliphatic rings. The maximum absolute atomic E-state index is 2.54. The molecule has 0 saturated carbocycles. The fourth-order valence-corrected chi connectivity index (χ4v) is 11.5. The van der Waals surface area contributed by atoms with E-state index in [1.807, 2.05) is 0 Å². The van der Waals surface area contributed by atoms with Gasteiger partial charge in [0.15, 0.2) is 0 Å². The van der Waals surface area contributed by atoms with Crippen LogP contribution in [0, 0.1) is 0 Å². The molecule has 6 aromatic carbocycles. The van der Waals surface area contributed by atoms with Crippen LogP contribution in [0.25, 0.3) is 43.8 Å². The van der Waals surface area contributed by atoms with Gasteiger partial charge in [0.05, 0.1) is 8.07 Å². The average molecular weight is 509 g/mol. The van der Waals surface area contributed by atoms with Crippen molar-refractivity contribution in [3.63, 3.8) is 0 Å². The number of fused-ring (bicyclic) bond motifs is 9. The Labute approximate surface area is 221 Å². The molecule has 1 atom stereocenters. The summed E-state index contributed by atoms with van der Waals surface area (Å²) in [7, 11) is -2.47. The zero-order valence-corrected chi connectivity index (χ0v) is 23.4. The van der Waals surface area contributed by atoms with Crippen molar-refractivity contribution in [1.82, 2.24) is 0 Å². The molecule has 6 aromatic rings. The van der Waals surface area contributed by atoms with Gasteiger partial charge in [-0.15, -0.1) is 0 Å². The largest absolute Gasteiger partial charge is 0.0785 e. The maximum atomic E-state index is 2.54. The molecule has 0 saturated heterocycles. The van der Waals surface area contributed by atoms with E-state index in [4.69, 9.17) is 0 Å². The molecule has 7 rings (SSSR count). The molecule has 0 fully saturated rings. The highest BCUT2D eigenvalue weighted by atomic mass is 31.1. The Kier molecular flexibility index (Phi) is 5.22. The van der Waals surface area contributed by atoms with Gasteiger partial charge in [-0.1, -0.05) is 146 Å². The zero-order chi connectivity index (χ0) is 25.1. The number of hydrogen-bond donors (Lipinski definition) is 0. The third kappa shape index (κ3) is 3.53. The number of benzene rings is 6.